The summed E-state index contributed by atoms with van der Waals surface area (Å²) in [6, 6.07) is 19.7. The van der Waals surface area contributed by atoms with Gasteiger partial charge in [-0.1, -0.05) is 56.3 Å². The Labute approximate surface area is 131 Å². The zero-order valence-corrected chi connectivity index (χ0v) is 12.7. The van der Waals surface area contributed by atoms with Crippen LogP contribution in [-0.4, -0.2) is 4.98 Å². The molecule has 1 heterocycles. The summed E-state index contributed by atoms with van der Waals surface area (Å²) in [6.07, 6.45) is 0. The first-order valence-corrected chi connectivity index (χ1v) is 7.73. The van der Waals surface area contributed by atoms with Crippen LogP contribution in [-0.2, 0) is 5.41 Å². The topological polar surface area (TPSA) is 15.8 Å². The molecule has 0 saturated carbocycles. The molecule has 0 spiro atoms. The standard InChI is InChI=1S/C21H17N/c1-21(2)17-9-5-3-7-13(17)15-12-20-16(11-18(15)21)14-8-4-6-10-19(14)22-20/h3-12,22H,1-2H3/i8D. The van der Waals surface area contributed by atoms with Crippen molar-refractivity contribution in [2.45, 2.75) is 19.3 Å². The van der Waals surface area contributed by atoms with Crippen molar-refractivity contribution >= 4 is 21.8 Å². The first-order chi connectivity index (χ1) is 11.1. The molecule has 22 heavy (non-hydrogen) atoms. The van der Waals surface area contributed by atoms with Crippen molar-refractivity contribution < 1.29 is 1.37 Å². The second-order valence-corrected chi connectivity index (χ2v) is 6.70. The molecule has 5 rings (SSSR count). The molecule has 1 aliphatic rings. The number of nitrogens with one attached hydrogen (secondary N) is 1. The maximum atomic E-state index is 8.27. The van der Waals surface area contributed by atoms with Crippen LogP contribution in [0.25, 0.3) is 32.9 Å². The monoisotopic (exact) mass is 284 g/mol. The van der Waals surface area contributed by atoms with E-state index >= 15 is 0 Å². The highest BCUT2D eigenvalue weighted by atomic mass is 14.7. The molecule has 0 saturated heterocycles. The average molecular weight is 284 g/mol. The van der Waals surface area contributed by atoms with E-state index < -0.39 is 0 Å². The van der Waals surface area contributed by atoms with Gasteiger partial charge in [-0.15, -0.1) is 0 Å². The van der Waals surface area contributed by atoms with Crippen LogP contribution in [0.15, 0.2) is 60.6 Å². The van der Waals surface area contributed by atoms with Crippen LogP contribution in [0.5, 0.6) is 0 Å². The minimum atomic E-state index is 0.000675. The van der Waals surface area contributed by atoms with Crippen molar-refractivity contribution in [1.82, 2.24) is 4.98 Å². The molecule has 1 aromatic heterocycles. The van der Waals surface area contributed by atoms with E-state index in [-0.39, 0.29) is 5.41 Å². The van der Waals surface area contributed by atoms with Gasteiger partial charge in [-0.3, -0.25) is 0 Å². The normalized spacial score (nSPS) is 15.8. The molecule has 1 aliphatic carbocycles. The van der Waals surface area contributed by atoms with Gasteiger partial charge in [-0.2, -0.15) is 0 Å². The summed E-state index contributed by atoms with van der Waals surface area (Å²) in [7, 11) is 0. The molecule has 0 fully saturated rings. The highest BCUT2D eigenvalue weighted by Gasteiger charge is 2.35. The fourth-order valence-electron chi connectivity index (χ4n) is 3.97. The third-order valence-corrected chi connectivity index (χ3v) is 5.12. The SMILES string of the molecule is [2H]c1cccc2[nH]c3cc4c(cc3c12)C(C)(C)c1ccccc1-4. The second-order valence-electron chi connectivity index (χ2n) is 6.70. The summed E-state index contributed by atoms with van der Waals surface area (Å²) in [5, 5.41) is 2.18. The summed E-state index contributed by atoms with van der Waals surface area (Å²) in [5.74, 6) is 0. The Balaban J connectivity index is 1.96. The van der Waals surface area contributed by atoms with Gasteiger partial charge in [0.2, 0.25) is 0 Å². The maximum Gasteiger partial charge on any atom is 0.0630 e. The molecule has 0 bridgehead atoms. The molecule has 4 aromatic rings. The Morgan fingerprint density at radius 2 is 1.64 bits per heavy atom. The second kappa shape index (κ2) is 3.80. The highest BCUT2D eigenvalue weighted by Crippen LogP contribution is 2.50. The molecule has 0 aliphatic heterocycles. The molecule has 1 N–H and O–H groups in total. The lowest BCUT2D eigenvalue weighted by Crippen LogP contribution is -2.14. The molecule has 0 atom stereocenters. The zero-order chi connectivity index (χ0) is 15.8. The average Bonchev–Trinajstić information content (AvgIpc) is 3.01. The van der Waals surface area contributed by atoms with E-state index in [1.165, 1.54) is 22.3 Å². The van der Waals surface area contributed by atoms with Crippen LogP contribution in [0.4, 0.5) is 0 Å². The third-order valence-electron chi connectivity index (χ3n) is 5.12. The van der Waals surface area contributed by atoms with E-state index in [0.717, 1.165) is 21.8 Å². The number of hydrogen-bond acceptors (Lipinski definition) is 0. The summed E-state index contributed by atoms with van der Waals surface area (Å²) in [5.41, 5.74) is 7.55. The first kappa shape index (κ1) is 11.1. The van der Waals surface area contributed by atoms with E-state index in [2.05, 4.69) is 61.3 Å². The van der Waals surface area contributed by atoms with E-state index in [0.29, 0.717) is 6.04 Å². The summed E-state index contributed by atoms with van der Waals surface area (Å²) >= 11 is 0. The van der Waals surface area contributed by atoms with Gasteiger partial charge < -0.3 is 4.98 Å². The number of H-pyrrole nitrogens is 1. The molecule has 0 radical (unpaired) electrons. The lowest BCUT2D eigenvalue weighted by atomic mass is 9.82. The first-order valence-electron chi connectivity index (χ1n) is 8.23. The molecule has 1 heteroatoms. The van der Waals surface area contributed by atoms with Crippen LogP contribution in [0, 0.1) is 0 Å². The molecule has 106 valence electrons. The van der Waals surface area contributed by atoms with Gasteiger partial charge in [-0.25, -0.2) is 0 Å². The summed E-state index contributed by atoms with van der Waals surface area (Å²) in [4.78, 5) is 3.49. The Bertz CT molecular complexity index is 1100. The fourth-order valence-corrected chi connectivity index (χ4v) is 3.97. The maximum absolute atomic E-state index is 8.27. The third kappa shape index (κ3) is 1.34. The number of benzene rings is 3. The molecule has 0 unspecified atom stereocenters. The van der Waals surface area contributed by atoms with Gasteiger partial charge in [0.15, 0.2) is 0 Å². The predicted molar refractivity (Wildman–Crippen MR) is 93.4 cm³/mol. The van der Waals surface area contributed by atoms with Crippen LogP contribution in [0.2, 0.25) is 0 Å². The molecule has 3 aromatic carbocycles. The summed E-state index contributed by atoms with van der Waals surface area (Å²) < 4.78 is 8.27. The quantitative estimate of drug-likeness (QED) is 0.431. The Hall–Kier alpha value is -2.54. The van der Waals surface area contributed by atoms with Crippen molar-refractivity contribution in [2.75, 3.05) is 0 Å². The van der Waals surface area contributed by atoms with Crippen molar-refractivity contribution in [3.05, 3.63) is 71.8 Å². The minimum absolute atomic E-state index is 0.000675. The van der Waals surface area contributed by atoms with Gasteiger partial charge in [0, 0.05) is 27.2 Å². The number of hydrogen-bond donors (Lipinski definition) is 1. The van der Waals surface area contributed by atoms with Gasteiger partial charge in [0.05, 0.1) is 1.37 Å². The van der Waals surface area contributed by atoms with Crippen LogP contribution >= 0.6 is 0 Å². The van der Waals surface area contributed by atoms with Crippen molar-refractivity contribution in [3.8, 4) is 11.1 Å². The lowest BCUT2D eigenvalue weighted by molar-refractivity contribution is 0.661. The summed E-state index contributed by atoms with van der Waals surface area (Å²) in [6.45, 7) is 4.58. The largest absolute Gasteiger partial charge is 0.354 e. The van der Waals surface area contributed by atoms with Gasteiger partial charge in [-0.05, 0) is 40.5 Å². The van der Waals surface area contributed by atoms with Gasteiger partial charge in [0.1, 0.15) is 0 Å². The van der Waals surface area contributed by atoms with Crippen molar-refractivity contribution in [3.63, 3.8) is 0 Å². The number of fused-ring (bicyclic) bond motifs is 6. The number of para-hydroxylation sites is 1. The van der Waals surface area contributed by atoms with E-state index in [9.17, 15) is 0 Å². The van der Waals surface area contributed by atoms with Gasteiger partial charge >= 0.3 is 0 Å². The lowest BCUT2D eigenvalue weighted by Gasteiger charge is -2.21. The predicted octanol–water partition coefficient (Wildman–Crippen LogP) is 5.63. The Morgan fingerprint density at radius 3 is 2.55 bits per heavy atom. The van der Waals surface area contributed by atoms with Crippen LogP contribution in [0.1, 0.15) is 26.3 Å². The fraction of sp³-hybridized carbons (Fsp3) is 0.143. The molecule has 1 nitrogen and oxygen atoms in total. The molecule has 0 amide bonds. The van der Waals surface area contributed by atoms with Crippen molar-refractivity contribution in [1.29, 1.82) is 0 Å². The van der Waals surface area contributed by atoms with Crippen LogP contribution < -0.4 is 0 Å². The van der Waals surface area contributed by atoms with Crippen molar-refractivity contribution in [2.24, 2.45) is 0 Å². The van der Waals surface area contributed by atoms with E-state index in [4.69, 9.17) is 1.37 Å². The zero-order valence-electron chi connectivity index (χ0n) is 13.7. The Morgan fingerprint density at radius 1 is 0.818 bits per heavy atom. The number of aromatic amines is 1. The smallest absolute Gasteiger partial charge is 0.0630 e. The molecular formula is C21H17N. The van der Waals surface area contributed by atoms with E-state index in [1.807, 2.05) is 12.1 Å². The van der Waals surface area contributed by atoms with Crippen LogP contribution in [0.3, 0.4) is 0 Å². The molecular weight excluding hydrogens is 266 g/mol. The number of aromatic nitrogens is 1. The number of rotatable bonds is 0. The Kier molecular flexibility index (Phi) is 1.92. The minimum Gasteiger partial charge on any atom is -0.354 e. The van der Waals surface area contributed by atoms with E-state index in [1.54, 1.807) is 0 Å². The highest BCUT2D eigenvalue weighted by molar-refractivity contribution is 6.09. The van der Waals surface area contributed by atoms with Gasteiger partial charge in [0.25, 0.3) is 0 Å².